The second kappa shape index (κ2) is 8.91. The summed E-state index contributed by atoms with van der Waals surface area (Å²) >= 11 is 0. The monoisotopic (exact) mass is 432 g/mol. The zero-order valence-corrected chi connectivity index (χ0v) is 18.2. The Labute approximate surface area is 185 Å². The molecule has 0 spiro atoms. The maximum atomic E-state index is 13.4. The van der Waals surface area contributed by atoms with Crippen molar-refractivity contribution in [1.82, 2.24) is 9.88 Å². The summed E-state index contributed by atoms with van der Waals surface area (Å²) in [7, 11) is 0. The molecular formula is C26H25FN2O3. The van der Waals surface area contributed by atoms with Gasteiger partial charge < -0.3 is 5.32 Å². The van der Waals surface area contributed by atoms with Crippen LogP contribution in [0.15, 0.2) is 59.4 Å². The van der Waals surface area contributed by atoms with Gasteiger partial charge in [-0.1, -0.05) is 38.1 Å². The Morgan fingerprint density at radius 2 is 1.81 bits per heavy atom. The summed E-state index contributed by atoms with van der Waals surface area (Å²) < 4.78 is 14.9. The number of carbonyl (C=O) groups excluding carboxylic acids is 2. The molecule has 1 aliphatic rings. The van der Waals surface area contributed by atoms with E-state index in [0.717, 1.165) is 5.56 Å². The molecule has 1 N–H and O–H groups in total. The van der Waals surface area contributed by atoms with Gasteiger partial charge in [0.2, 0.25) is 0 Å². The Morgan fingerprint density at radius 1 is 1.06 bits per heavy atom. The Bertz CT molecular complexity index is 1240. The number of rotatable bonds is 5. The topological polar surface area (TPSA) is 68.2 Å². The van der Waals surface area contributed by atoms with Gasteiger partial charge in [-0.2, -0.15) is 0 Å². The minimum atomic E-state index is -0.590. The maximum Gasteiger partial charge on any atom is 0.268 e. The first-order chi connectivity index (χ1) is 15.3. The van der Waals surface area contributed by atoms with Gasteiger partial charge in [-0.15, -0.1) is 0 Å². The van der Waals surface area contributed by atoms with Crippen LogP contribution in [0.4, 0.5) is 4.39 Å². The summed E-state index contributed by atoms with van der Waals surface area (Å²) in [6, 6.07) is 14.9. The average molecular weight is 432 g/mol. The number of pyridine rings is 1. The number of Topliss-reactive ketones (excluding diaryl/α,β-unsaturated/α-hetero) is 1. The first kappa shape index (κ1) is 21.7. The van der Waals surface area contributed by atoms with Crippen molar-refractivity contribution in [3.63, 3.8) is 0 Å². The molecule has 1 aromatic heterocycles. The molecule has 0 atom stereocenters. The highest BCUT2D eigenvalue weighted by atomic mass is 19.1. The molecule has 0 fully saturated rings. The molecule has 0 saturated heterocycles. The first-order valence-corrected chi connectivity index (χ1v) is 10.8. The molecule has 1 heterocycles. The Kier molecular flexibility index (Phi) is 6.04. The number of carbonyl (C=O) groups is 2. The van der Waals surface area contributed by atoms with Crippen molar-refractivity contribution in [3.8, 4) is 5.69 Å². The van der Waals surface area contributed by atoms with Crippen LogP contribution in [0.2, 0.25) is 0 Å². The van der Waals surface area contributed by atoms with Crippen LogP contribution in [-0.2, 0) is 13.0 Å². The molecule has 32 heavy (non-hydrogen) atoms. The number of benzene rings is 2. The van der Waals surface area contributed by atoms with Gasteiger partial charge >= 0.3 is 0 Å². The minimum absolute atomic E-state index is 0.0713. The fourth-order valence-electron chi connectivity index (χ4n) is 4.06. The van der Waals surface area contributed by atoms with Gasteiger partial charge in [0.1, 0.15) is 11.4 Å². The fraction of sp³-hybridized carbons (Fsp3) is 0.269. The van der Waals surface area contributed by atoms with Crippen LogP contribution in [0, 0.1) is 5.82 Å². The lowest BCUT2D eigenvalue weighted by Crippen LogP contribution is -2.36. The maximum absolute atomic E-state index is 13.4. The number of nitrogens with one attached hydrogen (secondary N) is 1. The summed E-state index contributed by atoms with van der Waals surface area (Å²) in [4.78, 5) is 38.9. The highest BCUT2D eigenvalue weighted by Gasteiger charge is 2.26. The van der Waals surface area contributed by atoms with Crippen LogP contribution >= 0.6 is 0 Å². The minimum Gasteiger partial charge on any atom is -0.348 e. The number of hydrogen-bond donors (Lipinski definition) is 1. The van der Waals surface area contributed by atoms with E-state index >= 15 is 0 Å². The number of amides is 1. The Morgan fingerprint density at radius 3 is 2.50 bits per heavy atom. The molecule has 0 unspecified atom stereocenters. The summed E-state index contributed by atoms with van der Waals surface area (Å²) in [5.74, 6) is -0.717. The van der Waals surface area contributed by atoms with Gasteiger partial charge in [0.05, 0.1) is 0 Å². The second-order valence-electron chi connectivity index (χ2n) is 8.39. The predicted octanol–water partition coefficient (Wildman–Crippen LogP) is 4.55. The zero-order valence-electron chi connectivity index (χ0n) is 18.2. The number of ketones is 1. The van der Waals surface area contributed by atoms with Crippen molar-refractivity contribution in [2.24, 2.45) is 0 Å². The largest absolute Gasteiger partial charge is 0.348 e. The van der Waals surface area contributed by atoms with Crippen molar-refractivity contribution in [1.29, 1.82) is 0 Å². The summed E-state index contributed by atoms with van der Waals surface area (Å²) in [5.41, 5.74) is 2.85. The van der Waals surface area contributed by atoms with Crippen LogP contribution in [-0.4, -0.2) is 16.3 Å². The van der Waals surface area contributed by atoms with E-state index in [-0.39, 0.29) is 17.9 Å². The molecule has 4 rings (SSSR count). The van der Waals surface area contributed by atoms with Crippen LogP contribution < -0.4 is 10.9 Å². The lowest BCUT2D eigenvalue weighted by atomic mass is 9.92. The van der Waals surface area contributed by atoms with E-state index in [4.69, 9.17) is 0 Å². The van der Waals surface area contributed by atoms with Crippen molar-refractivity contribution < 1.29 is 14.0 Å². The van der Waals surface area contributed by atoms with Crippen molar-refractivity contribution in [3.05, 3.63) is 98.7 Å². The molecule has 0 saturated carbocycles. The third kappa shape index (κ3) is 4.26. The molecule has 0 radical (unpaired) electrons. The number of aromatic nitrogens is 1. The number of hydrogen-bond acceptors (Lipinski definition) is 3. The predicted molar refractivity (Wildman–Crippen MR) is 121 cm³/mol. The number of halogens is 1. The Hall–Kier alpha value is -3.54. The molecule has 5 nitrogen and oxygen atoms in total. The molecule has 0 aliphatic heterocycles. The van der Waals surface area contributed by atoms with Crippen LogP contribution in [0.1, 0.15) is 70.1 Å². The average Bonchev–Trinajstić information content (AvgIpc) is 2.77. The van der Waals surface area contributed by atoms with Crippen LogP contribution in [0.5, 0.6) is 0 Å². The van der Waals surface area contributed by atoms with E-state index in [1.165, 1.54) is 22.8 Å². The van der Waals surface area contributed by atoms with Gasteiger partial charge in [-0.25, -0.2) is 4.39 Å². The van der Waals surface area contributed by atoms with E-state index in [0.29, 0.717) is 47.7 Å². The normalized spacial score (nSPS) is 13.2. The first-order valence-electron chi connectivity index (χ1n) is 10.8. The zero-order chi connectivity index (χ0) is 22.8. The van der Waals surface area contributed by atoms with Gasteiger partial charge in [0.25, 0.3) is 11.5 Å². The van der Waals surface area contributed by atoms with E-state index < -0.39 is 17.3 Å². The lowest BCUT2D eigenvalue weighted by molar-refractivity contribution is 0.0949. The molecule has 2 aromatic carbocycles. The van der Waals surface area contributed by atoms with Gasteiger partial charge in [0.15, 0.2) is 5.78 Å². The van der Waals surface area contributed by atoms with E-state index in [1.807, 2.05) is 24.3 Å². The molecule has 1 aliphatic carbocycles. The van der Waals surface area contributed by atoms with Crippen molar-refractivity contribution in [2.45, 2.75) is 45.6 Å². The number of nitrogens with zero attached hydrogens (tertiary/aromatic N) is 1. The van der Waals surface area contributed by atoms with Crippen LogP contribution in [0.25, 0.3) is 5.69 Å². The van der Waals surface area contributed by atoms with Crippen molar-refractivity contribution >= 4 is 11.7 Å². The molecule has 164 valence electrons. The van der Waals surface area contributed by atoms with Gasteiger partial charge in [0, 0.05) is 29.9 Å². The number of fused-ring (bicyclic) bond motifs is 1. The van der Waals surface area contributed by atoms with Crippen LogP contribution in [0.3, 0.4) is 0 Å². The highest BCUT2D eigenvalue weighted by molar-refractivity contribution is 6.01. The molecule has 3 aromatic rings. The molecular weight excluding hydrogens is 407 g/mol. The smallest absolute Gasteiger partial charge is 0.268 e. The van der Waals surface area contributed by atoms with E-state index in [1.54, 1.807) is 12.1 Å². The molecule has 1 amide bonds. The molecule has 6 heteroatoms. The SMILES string of the molecule is CC(C)c1ccc(-n2c3c(cc(C(=O)NCc4cccc(F)c4)c2=O)C(=O)CCC3)cc1. The summed E-state index contributed by atoms with van der Waals surface area (Å²) in [6.07, 6.45) is 1.65. The van der Waals surface area contributed by atoms with Gasteiger partial charge in [-0.05, 0) is 60.2 Å². The fourth-order valence-corrected chi connectivity index (χ4v) is 4.06. The quantitative estimate of drug-likeness (QED) is 0.643. The standard InChI is InChI=1S/C26H25FN2O3/c1-16(2)18-9-11-20(12-10-18)29-23-7-4-8-24(30)21(23)14-22(26(29)32)25(31)28-15-17-5-3-6-19(27)13-17/h3,5-6,9-14,16H,4,7-8,15H2,1-2H3,(H,28,31). The third-order valence-electron chi connectivity index (χ3n) is 5.83. The van der Waals surface area contributed by atoms with E-state index in [9.17, 15) is 18.8 Å². The van der Waals surface area contributed by atoms with Gasteiger partial charge in [-0.3, -0.25) is 19.0 Å². The highest BCUT2D eigenvalue weighted by Crippen LogP contribution is 2.24. The molecule has 0 bridgehead atoms. The van der Waals surface area contributed by atoms with E-state index in [2.05, 4.69) is 19.2 Å². The summed E-state index contributed by atoms with van der Waals surface area (Å²) in [6.45, 7) is 4.25. The third-order valence-corrected chi connectivity index (χ3v) is 5.83. The Balaban J connectivity index is 1.75. The second-order valence-corrected chi connectivity index (χ2v) is 8.39. The summed E-state index contributed by atoms with van der Waals surface area (Å²) in [5, 5.41) is 2.68. The lowest BCUT2D eigenvalue weighted by Gasteiger charge is -2.22. The van der Waals surface area contributed by atoms with Crippen molar-refractivity contribution in [2.75, 3.05) is 0 Å².